The summed E-state index contributed by atoms with van der Waals surface area (Å²) in [5.41, 5.74) is -0.216. The van der Waals surface area contributed by atoms with Gasteiger partial charge in [0.15, 0.2) is 0 Å². The maximum absolute atomic E-state index is 12.2. The Balaban J connectivity index is 4.15. The Labute approximate surface area is 126 Å². The van der Waals surface area contributed by atoms with Gasteiger partial charge in [-0.05, 0) is 45.4 Å². The van der Waals surface area contributed by atoms with Crippen molar-refractivity contribution in [3.63, 3.8) is 0 Å². The van der Waals surface area contributed by atoms with Gasteiger partial charge in [-0.15, -0.1) is 0 Å². The van der Waals surface area contributed by atoms with Crippen molar-refractivity contribution in [3.8, 4) is 0 Å². The Kier molecular flexibility index (Phi) is 8.41. The lowest BCUT2D eigenvalue weighted by Crippen LogP contribution is -2.39. The molecule has 0 rings (SSSR count). The molecule has 0 heterocycles. The van der Waals surface area contributed by atoms with Gasteiger partial charge < -0.3 is 9.64 Å². The van der Waals surface area contributed by atoms with E-state index in [2.05, 4.69) is 48.5 Å². The maximum atomic E-state index is 12.2. The average Bonchev–Trinajstić information content (AvgIpc) is 2.33. The third kappa shape index (κ3) is 7.88. The van der Waals surface area contributed by atoms with Gasteiger partial charge in [-0.3, -0.25) is 4.79 Å². The molecule has 0 spiro atoms. The topological polar surface area (TPSA) is 29.5 Å². The molecule has 0 aromatic heterocycles. The first-order valence-electron chi connectivity index (χ1n) is 7.96. The molecular formula is C17H35NO2. The third-order valence-electron chi connectivity index (χ3n) is 4.10. The largest absolute Gasteiger partial charge is 0.376 e. The number of carbonyl (C=O) groups excluding carboxylic acids is 1. The van der Waals surface area contributed by atoms with E-state index < -0.39 is 0 Å². The number of ether oxygens (including phenoxy) is 1. The zero-order chi connectivity index (χ0) is 15.9. The summed E-state index contributed by atoms with van der Waals surface area (Å²) in [5, 5.41) is 0. The third-order valence-corrected chi connectivity index (χ3v) is 4.10. The number of nitrogens with zero attached hydrogens (tertiary/aromatic N) is 1. The van der Waals surface area contributed by atoms with Crippen LogP contribution in [0.2, 0.25) is 0 Å². The van der Waals surface area contributed by atoms with Crippen LogP contribution in [-0.2, 0) is 9.53 Å². The molecule has 0 saturated heterocycles. The minimum atomic E-state index is -0.216. The second kappa shape index (κ2) is 8.66. The number of amides is 1. The summed E-state index contributed by atoms with van der Waals surface area (Å²) >= 11 is 0. The maximum Gasteiger partial charge on any atom is 0.222 e. The van der Waals surface area contributed by atoms with Crippen molar-refractivity contribution >= 4 is 5.91 Å². The molecule has 20 heavy (non-hydrogen) atoms. The van der Waals surface area contributed by atoms with Gasteiger partial charge in [0.2, 0.25) is 5.91 Å². The fourth-order valence-electron chi connectivity index (χ4n) is 1.90. The average molecular weight is 285 g/mol. The lowest BCUT2D eigenvalue weighted by atomic mass is 10.00. The minimum absolute atomic E-state index is 0.215. The second-order valence-electron chi connectivity index (χ2n) is 7.28. The molecule has 0 aliphatic rings. The van der Waals surface area contributed by atoms with Gasteiger partial charge in [-0.25, -0.2) is 0 Å². The standard InChI is InChI=1S/C17H35NO2/c1-13(2)10-12-20-17(6,7)11-9-16(19)18(8)15(5)14(3)4/h13-15H,9-12H2,1-8H3. The first kappa shape index (κ1) is 19.4. The fourth-order valence-corrected chi connectivity index (χ4v) is 1.90. The van der Waals surface area contributed by atoms with Crippen LogP contribution in [0.25, 0.3) is 0 Å². The molecule has 0 aliphatic heterocycles. The van der Waals surface area contributed by atoms with Crippen molar-refractivity contribution in [3.05, 3.63) is 0 Å². The van der Waals surface area contributed by atoms with Crippen molar-refractivity contribution < 1.29 is 9.53 Å². The number of rotatable bonds is 9. The molecule has 0 aromatic rings. The zero-order valence-electron chi connectivity index (χ0n) is 14.8. The van der Waals surface area contributed by atoms with Gasteiger partial charge in [0.05, 0.1) is 5.60 Å². The van der Waals surface area contributed by atoms with Gasteiger partial charge >= 0.3 is 0 Å². The van der Waals surface area contributed by atoms with Crippen LogP contribution in [0.5, 0.6) is 0 Å². The smallest absolute Gasteiger partial charge is 0.222 e. The van der Waals surface area contributed by atoms with Crippen LogP contribution < -0.4 is 0 Å². The Bertz CT molecular complexity index is 285. The lowest BCUT2D eigenvalue weighted by molar-refractivity contribution is -0.134. The summed E-state index contributed by atoms with van der Waals surface area (Å²) in [5.74, 6) is 1.36. The van der Waals surface area contributed by atoms with Crippen LogP contribution >= 0.6 is 0 Å². The molecule has 0 saturated carbocycles. The lowest BCUT2D eigenvalue weighted by Gasteiger charge is -2.30. The van der Waals surface area contributed by atoms with Crippen LogP contribution in [0.4, 0.5) is 0 Å². The molecule has 1 unspecified atom stereocenters. The summed E-state index contributed by atoms with van der Waals surface area (Å²) in [4.78, 5) is 14.1. The molecule has 1 atom stereocenters. The van der Waals surface area contributed by atoms with E-state index in [0.717, 1.165) is 19.4 Å². The van der Waals surface area contributed by atoms with E-state index in [9.17, 15) is 4.79 Å². The Morgan fingerprint density at radius 1 is 1.15 bits per heavy atom. The zero-order valence-corrected chi connectivity index (χ0v) is 14.8. The monoisotopic (exact) mass is 285 g/mol. The van der Waals surface area contributed by atoms with Gasteiger partial charge in [0.25, 0.3) is 0 Å². The Morgan fingerprint density at radius 3 is 2.15 bits per heavy atom. The molecular weight excluding hydrogens is 250 g/mol. The van der Waals surface area contributed by atoms with Crippen molar-refractivity contribution in [2.75, 3.05) is 13.7 Å². The number of hydrogen-bond donors (Lipinski definition) is 0. The molecule has 0 N–H and O–H groups in total. The van der Waals surface area contributed by atoms with E-state index in [1.807, 2.05) is 11.9 Å². The molecule has 3 nitrogen and oxygen atoms in total. The molecule has 0 fully saturated rings. The van der Waals surface area contributed by atoms with Crippen LogP contribution in [0, 0.1) is 11.8 Å². The molecule has 120 valence electrons. The SMILES string of the molecule is CC(C)CCOC(C)(C)CCC(=O)N(C)C(C)C(C)C. The number of hydrogen-bond acceptors (Lipinski definition) is 2. The van der Waals surface area contributed by atoms with Crippen LogP contribution in [0.1, 0.15) is 67.7 Å². The first-order valence-corrected chi connectivity index (χ1v) is 7.96. The minimum Gasteiger partial charge on any atom is -0.376 e. The molecule has 0 radical (unpaired) electrons. The Hall–Kier alpha value is -0.570. The highest BCUT2D eigenvalue weighted by Gasteiger charge is 2.23. The number of carbonyl (C=O) groups is 1. The van der Waals surface area contributed by atoms with E-state index in [-0.39, 0.29) is 17.6 Å². The van der Waals surface area contributed by atoms with Gasteiger partial charge in [0.1, 0.15) is 0 Å². The van der Waals surface area contributed by atoms with E-state index >= 15 is 0 Å². The van der Waals surface area contributed by atoms with E-state index in [1.54, 1.807) is 0 Å². The summed E-state index contributed by atoms with van der Waals surface area (Å²) in [6, 6.07) is 0.285. The van der Waals surface area contributed by atoms with Crippen molar-refractivity contribution in [2.45, 2.75) is 79.4 Å². The highest BCUT2D eigenvalue weighted by molar-refractivity contribution is 5.76. The summed E-state index contributed by atoms with van der Waals surface area (Å²) in [6.45, 7) is 15.7. The van der Waals surface area contributed by atoms with Crippen LogP contribution in [-0.4, -0.2) is 36.1 Å². The Morgan fingerprint density at radius 2 is 1.70 bits per heavy atom. The van der Waals surface area contributed by atoms with E-state index in [4.69, 9.17) is 4.74 Å². The van der Waals surface area contributed by atoms with E-state index in [0.29, 0.717) is 18.3 Å². The fraction of sp³-hybridized carbons (Fsp3) is 0.941. The van der Waals surface area contributed by atoms with Crippen molar-refractivity contribution in [2.24, 2.45) is 11.8 Å². The summed E-state index contributed by atoms with van der Waals surface area (Å²) in [7, 11) is 1.90. The second-order valence-corrected chi connectivity index (χ2v) is 7.28. The van der Waals surface area contributed by atoms with Crippen molar-refractivity contribution in [1.29, 1.82) is 0 Å². The van der Waals surface area contributed by atoms with Gasteiger partial charge in [-0.2, -0.15) is 0 Å². The highest BCUT2D eigenvalue weighted by atomic mass is 16.5. The predicted molar refractivity (Wildman–Crippen MR) is 85.8 cm³/mol. The molecule has 1 amide bonds. The normalized spacial score (nSPS) is 13.9. The van der Waals surface area contributed by atoms with Crippen LogP contribution in [0.15, 0.2) is 0 Å². The molecule has 0 aromatic carbocycles. The van der Waals surface area contributed by atoms with E-state index in [1.165, 1.54) is 0 Å². The van der Waals surface area contributed by atoms with Gasteiger partial charge in [-0.1, -0.05) is 27.7 Å². The summed E-state index contributed by atoms with van der Waals surface area (Å²) < 4.78 is 5.91. The summed E-state index contributed by atoms with van der Waals surface area (Å²) in [6.07, 6.45) is 2.41. The van der Waals surface area contributed by atoms with Gasteiger partial charge in [0, 0.05) is 26.1 Å². The molecule has 0 bridgehead atoms. The van der Waals surface area contributed by atoms with Crippen LogP contribution in [0.3, 0.4) is 0 Å². The predicted octanol–water partition coefficient (Wildman–Crippen LogP) is 4.11. The molecule has 3 heteroatoms. The first-order chi connectivity index (χ1) is 9.07. The highest BCUT2D eigenvalue weighted by Crippen LogP contribution is 2.19. The quantitative estimate of drug-likeness (QED) is 0.638. The van der Waals surface area contributed by atoms with Crippen molar-refractivity contribution in [1.82, 2.24) is 4.90 Å². The molecule has 0 aliphatic carbocycles.